The number of rotatable bonds is 7. The molecule has 2 aliphatic rings. The number of carbonyl (C=O) groups is 1. The first-order valence-electron chi connectivity index (χ1n) is 10.0. The molecule has 0 spiro atoms. The fourth-order valence-electron chi connectivity index (χ4n) is 3.74. The number of H-pyrrole nitrogens is 1. The molecule has 0 radical (unpaired) electrons. The van der Waals surface area contributed by atoms with Crippen molar-refractivity contribution < 1.29 is 14.1 Å². The van der Waals surface area contributed by atoms with E-state index in [9.17, 15) is 4.79 Å². The highest BCUT2D eigenvalue weighted by atomic mass is 16.5. The van der Waals surface area contributed by atoms with Crippen LogP contribution in [-0.2, 0) is 11.2 Å². The SMILES string of the molecule is O=C(c1cc2ccccc2[nH]1)N1CCC(c2nc(CCOCC3CC3)no2)C1. The largest absolute Gasteiger partial charge is 0.381 e. The zero-order valence-electron chi connectivity index (χ0n) is 15.8. The summed E-state index contributed by atoms with van der Waals surface area (Å²) in [5, 5.41) is 5.12. The molecule has 5 rings (SSSR count). The normalized spacial score (nSPS) is 19.6. The number of hydrogen-bond acceptors (Lipinski definition) is 5. The van der Waals surface area contributed by atoms with Gasteiger partial charge in [0, 0.05) is 37.0 Å². The van der Waals surface area contributed by atoms with Crippen molar-refractivity contribution in [1.82, 2.24) is 20.0 Å². The van der Waals surface area contributed by atoms with Crippen LogP contribution in [0.3, 0.4) is 0 Å². The van der Waals surface area contributed by atoms with Gasteiger partial charge in [0.1, 0.15) is 5.69 Å². The highest BCUT2D eigenvalue weighted by molar-refractivity contribution is 5.98. The Morgan fingerprint density at radius 2 is 2.18 bits per heavy atom. The van der Waals surface area contributed by atoms with E-state index in [1.807, 2.05) is 35.2 Å². The predicted octanol–water partition coefficient (Wildman–Crippen LogP) is 3.15. The van der Waals surface area contributed by atoms with E-state index in [0.29, 0.717) is 43.5 Å². The summed E-state index contributed by atoms with van der Waals surface area (Å²) in [7, 11) is 0. The van der Waals surface area contributed by atoms with Crippen LogP contribution in [0, 0.1) is 5.92 Å². The molecule has 1 amide bonds. The molecule has 2 aromatic heterocycles. The van der Waals surface area contributed by atoms with E-state index in [0.717, 1.165) is 29.8 Å². The third-order valence-corrected chi connectivity index (χ3v) is 5.59. The van der Waals surface area contributed by atoms with Gasteiger partial charge in [0.25, 0.3) is 5.91 Å². The lowest BCUT2D eigenvalue weighted by Crippen LogP contribution is -2.28. The molecule has 1 aliphatic carbocycles. The number of para-hydroxylation sites is 1. The summed E-state index contributed by atoms with van der Waals surface area (Å²) in [5.41, 5.74) is 1.60. The number of ether oxygens (including phenoxy) is 1. The zero-order valence-corrected chi connectivity index (χ0v) is 15.8. The molecule has 1 aliphatic heterocycles. The molecule has 2 fully saturated rings. The van der Waals surface area contributed by atoms with Gasteiger partial charge in [0.05, 0.1) is 12.5 Å². The molecule has 1 saturated carbocycles. The van der Waals surface area contributed by atoms with Crippen molar-refractivity contribution in [2.45, 2.75) is 31.6 Å². The number of likely N-dealkylation sites (tertiary alicyclic amines) is 1. The van der Waals surface area contributed by atoms with Crippen molar-refractivity contribution in [3.8, 4) is 0 Å². The zero-order chi connectivity index (χ0) is 18.9. The number of hydrogen-bond donors (Lipinski definition) is 1. The first kappa shape index (κ1) is 17.4. The van der Waals surface area contributed by atoms with E-state index in [1.54, 1.807) is 0 Å². The van der Waals surface area contributed by atoms with Crippen LogP contribution >= 0.6 is 0 Å². The topological polar surface area (TPSA) is 84.2 Å². The Kier molecular flexibility index (Phi) is 4.60. The summed E-state index contributed by atoms with van der Waals surface area (Å²) < 4.78 is 11.1. The molecular formula is C21H24N4O3. The smallest absolute Gasteiger partial charge is 0.270 e. The average Bonchev–Trinajstić information content (AvgIpc) is 3.14. The van der Waals surface area contributed by atoms with Crippen LogP contribution in [0.25, 0.3) is 10.9 Å². The summed E-state index contributed by atoms with van der Waals surface area (Å²) in [4.78, 5) is 22.4. The highest BCUT2D eigenvalue weighted by Crippen LogP contribution is 2.29. The molecule has 1 N–H and O–H groups in total. The summed E-state index contributed by atoms with van der Waals surface area (Å²) in [6.07, 6.45) is 4.09. The molecule has 3 aromatic rings. The van der Waals surface area contributed by atoms with Crippen LogP contribution in [0.4, 0.5) is 0 Å². The molecule has 146 valence electrons. The Bertz CT molecular complexity index is 942. The number of aromatic nitrogens is 3. The standard InChI is InChI=1S/C21H24N4O3/c26-21(18-11-15-3-1-2-4-17(15)22-18)25-9-7-16(12-25)20-23-19(24-28-20)8-10-27-13-14-5-6-14/h1-4,11,14,16,22H,5-10,12-13H2. The lowest BCUT2D eigenvalue weighted by Gasteiger charge is -2.14. The maximum absolute atomic E-state index is 12.8. The second-order valence-electron chi connectivity index (χ2n) is 7.82. The number of benzene rings is 1. The van der Waals surface area contributed by atoms with Crippen LogP contribution < -0.4 is 0 Å². The summed E-state index contributed by atoms with van der Waals surface area (Å²) in [6.45, 7) is 2.78. The number of nitrogens with one attached hydrogen (secondary N) is 1. The number of carbonyl (C=O) groups excluding carboxylic acids is 1. The third-order valence-electron chi connectivity index (χ3n) is 5.59. The maximum atomic E-state index is 12.8. The van der Waals surface area contributed by atoms with Crippen molar-refractivity contribution in [2.24, 2.45) is 5.92 Å². The van der Waals surface area contributed by atoms with E-state index >= 15 is 0 Å². The third kappa shape index (κ3) is 3.67. The van der Waals surface area contributed by atoms with Gasteiger partial charge >= 0.3 is 0 Å². The van der Waals surface area contributed by atoms with Gasteiger partial charge in [-0.1, -0.05) is 23.4 Å². The van der Waals surface area contributed by atoms with Crippen molar-refractivity contribution in [3.05, 3.63) is 47.7 Å². The second-order valence-corrected chi connectivity index (χ2v) is 7.82. The average molecular weight is 380 g/mol. The van der Waals surface area contributed by atoms with Crippen LogP contribution in [0.2, 0.25) is 0 Å². The maximum Gasteiger partial charge on any atom is 0.270 e. The fourth-order valence-corrected chi connectivity index (χ4v) is 3.74. The van der Waals surface area contributed by atoms with Gasteiger partial charge in [0.15, 0.2) is 5.82 Å². The molecular weight excluding hydrogens is 356 g/mol. The monoisotopic (exact) mass is 380 g/mol. The lowest BCUT2D eigenvalue weighted by molar-refractivity contribution is 0.0784. The minimum Gasteiger partial charge on any atom is -0.381 e. The van der Waals surface area contributed by atoms with Crippen molar-refractivity contribution in [1.29, 1.82) is 0 Å². The molecule has 3 heterocycles. The van der Waals surface area contributed by atoms with Crippen LogP contribution in [0.1, 0.15) is 47.4 Å². The lowest BCUT2D eigenvalue weighted by atomic mass is 10.1. The minimum atomic E-state index is 0.0203. The van der Waals surface area contributed by atoms with E-state index in [-0.39, 0.29) is 11.8 Å². The summed E-state index contributed by atoms with van der Waals surface area (Å²) in [6, 6.07) is 9.83. The number of aromatic amines is 1. The Hall–Kier alpha value is -2.67. The highest BCUT2D eigenvalue weighted by Gasteiger charge is 2.32. The Morgan fingerprint density at radius 3 is 3.04 bits per heavy atom. The quantitative estimate of drug-likeness (QED) is 0.637. The predicted molar refractivity (Wildman–Crippen MR) is 103 cm³/mol. The second kappa shape index (κ2) is 7.39. The van der Waals surface area contributed by atoms with Gasteiger partial charge in [-0.3, -0.25) is 4.79 Å². The fraction of sp³-hybridized carbons (Fsp3) is 0.476. The number of nitrogens with zero attached hydrogens (tertiary/aromatic N) is 3. The molecule has 1 unspecified atom stereocenters. The number of fused-ring (bicyclic) bond motifs is 1. The van der Waals surface area contributed by atoms with Crippen LogP contribution in [-0.4, -0.2) is 52.2 Å². The van der Waals surface area contributed by atoms with Gasteiger partial charge in [-0.25, -0.2) is 0 Å². The van der Waals surface area contributed by atoms with Gasteiger partial charge in [0.2, 0.25) is 5.89 Å². The van der Waals surface area contributed by atoms with Crippen molar-refractivity contribution >= 4 is 16.8 Å². The van der Waals surface area contributed by atoms with Crippen molar-refractivity contribution in [3.63, 3.8) is 0 Å². The molecule has 28 heavy (non-hydrogen) atoms. The van der Waals surface area contributed by atoms with E-state index in [1.165, 1.54) is 12.8 Å². The Labute approximate surface area is 163 Å². The van der Waals surface area contributed by atoms with Gasteiger partial charge < -0.3 is 19.1 Å². The summed E-state index contributed by atoms with van der Waals surface area (Å²) >= 11 is 0. The van der Waals surface area contributed by atoms with E-state index in [2.05, 4.69) is 15.1 Å². The molecule has 7 nitrogen and oxygen atoms in total. The van der Waals surface area contributed by atoms with Crippen molar-refractivity contribution in [2.75, 3.05) is 26.3 Å². The Balaban J connectivity index is 1.17. The van der Waals surface area contributed by atoms with Gasteiger partial charge in [-0.05, 0) is 37.3 Å². The number of amides is 1. The van der Waals surface area contributed by atoms with E-state index < -0.39 is 0 Å². The van der Waals surface area contributed by atoms with Crippen LogP contribution in [0.15, 0.2) is 34.9 Å². The Morgan fingerprint density at radius 1 is 1.29 bits per heavy atom. The molecule has 1 atom stereocenters. The molecule has 1 aromatic carbocycles. The molecule has 0 bridgehead atoms. The minimum absolute atomic E-state index is 0.0203. The van der Waals surface area contributed by atoms with Gasteiger partial charge in [-0.15, -0.1) is 0 Å². The molecule has 1 saturated heterocycles. The van der Waals surface area contributed by atoms with Crippen LogP contribution in [0.5, 0.6) is 0 Å². The first-order chi connectivity index (χ1) is 13.8. The summed E-state index contributed by atoms with van der Waals surface area (Å²) in [5.74, 6) is 2.20. The molecule has 7 heteroatoms. The van der Waals surface area contributed by atoms with E-state index in [4.69, 9.17) is 9.26 Å². The first-order valence-corrected chi connectivity index (χ1v) is 10.0. The van der Waals surface area contributed by atoms with Gasteiger partial charge in [-0.2, -0.15) is 4.98 Å².